The summed E-state index contributed by atoms with van der Waals surface area (Å²) in [4.78, 5) is 17.2. The molecule has 0 radical (unpaired) electrons. The van der Waals surface area contributed by atoms with E-state index in [9.17, 15) is 13.6 Å². The van der Waals surface area contributed by atoms with Crippen LogP contribution in [0.15, 0.2) is 29.8 Å². The molecule has 3 N–H and O–H groups in total. The molecule has 3 atom stereocenters. The molecule has 3 heterocycles. The number of thiazole rings is 1. The molecule has 1 saturated heterocycles. The Bertz CT molecular complexity index is 1070. The summed E-state index contributed by atoms with van der Waals surface area (Å²) in [5.74, 6) is -0.829. The Morgan fingerprint density at radius 1 is 1.39 bits per heavy atom. The van der Waals surface area contributed by atoms with E-state index in [2.05, 4.69) is 15.4 Å². The van der Waals surface area contributed by atoms with Crippen LogP contribution in [0, 0.1) is 12.7 Å². The first-order chi connectivity index (χ1) is 14.8. The van der Waals surface area contributed by atoms with Crippen molar-refractivity contribution in [2.75, 3.05) is 11.9 Å². The highest BCUT2D eigenvalue weighted by molar-refractivity contribution is 7.13. The smallest absolute Gasteiger partial charge is 0.275 e. The molecule has 0 spiro atoms. The molecule has 2 aromatic heterocycles. The summed E-state index contributed by atoms with van der Waals surface area (Å²) in [6.45, 7) is 1.68. The zero-order chi connectivity index (χ0) is 22.1. The third-order valence-corrected chi connectivity index (χ3v) is 6.25. The number of hydrogen-bond acceptors (Lipinski definition) is 6. The zero-order valence-electron chi connectivity index (χ0n) is 17.1. The van der Waals surface area contributed by atoms with Crippen molar-refractivity contribution in [3.8, 4) is 10.6 Å². The number of aryl methyl sites for hydroxylation is 2. The van der Waals surface area contributed by atoms with Gasteiger partial charge in [-0.05, 0) is 31.4 Å². The second kappa shape index (κ2) is 8.81. The van der Waals surface area contributed by atoms with Crippen molar-refractivity contribution in [1.82, 2.24) is 14.8 Å². The molecule has 0 saturated carbocycles. The minimum atomic E-state index is -1.23. The molecule has 7 nitrogen and oxygen atoms in total. The van der Waals surface area contributed by atoms with Crippen LogP contribution in [0.25, 0.3) is 10.6 Å². The molecule has 0 unspecified atom stereocenters. The average molecular weight is 448 g/mol. The molecule has 1 aromatic carbocycles. The lowest BCUT2D eigenvalue weighted by Crippen LogP contribution is -2.32. The van der Waals surface area contributed by atoms with Gasteiger partial charge in [-0.2, -0.15) is 5.10 Å². The van der Waals surface area contributed by atoms with Crippen molar-refractivity contribution in [1.29, 1.82) is 0 Å². The fourth-order valence-electron chi connectivity index (χ4n) is 3.66. The van der Waals surface area contributed by atoms with E-state index >= 15 is 0 Å². The van der Waals surface area contributed by atoms with E-state index < -0.39 is 24.2 Å². The van der Waals surface area contributed by atoms with Gasteiger partial charge in [-0.3, -0.25) is 9.48 Å². The number of alkyl halides is 1. The molecule has 1 amide bonds. The van der Waals surface area contributed by atoms with E-state index in [1.807, 2.05) is 0 Å². The van der Waals surface area contributed by atoms with Crippen LogP contribution in [-0.2, 0) is 11.8 Å². The summed E-state index contributed by atoms with van der Waals surface area (Å²) in [5, 5.41) is 9.04. The lowest BCUT2D eigenvalue weighted by Gasteiger charge is -2.17. The summed E-state index contributed by atoms with van der Waals surface area (Å²) in [5.41, 5.74) is 8.21. The Kier molecular flexibility index (Phi) is 6.12. The third kappa shape index (κ3) is 4.36. The van der Waals surface area contributed by atoms with Crippen molar-refractivity contribution in [2.24, 2.45) is 12.8 Å². The van der Waals surface area contributed by atoms with Crippen molar-refractivity contribution in [3.05, 3.63) is 52.5 Å². The molecular weight excluding hydrogens is 424 g/mol. The first-order valence-corrected chi connectivity index (χ1v) is 10.8. The van der Waals surface area contributed by atoms with E-state index in [0.29, 0.717) is 34.8 Å². The number of hydrogen-bond donors (Lipinski definition) is 2. The number of ether oxygens (including phenoxy) is 1. The second-order valence-corrected chi connectivity index (χ2v) is 8.43. The number of aromatic nitrogens is 3. The third-order valence-electron chi connectivity index (χ3n) is 5.39. The van der Waals surface area contributed by atoms with Crippen LogP contribution in [0.5, 0.6) is 0 Å². The zero-order valence-corrected chi connectivity index (χ0v) is 18.0. The predicted molar refractivity (Wildman–Crippen MR) is 114 cm³/mol. The van der Waals surface area contributed by atoms with E-state index in [4.69, 9.17) is 10.5 Å². The van der Waals surface area contributed by atoms with Gasteiger partial charge in [0.15, 0.2) is 0 Å². The first kappa shape index (κ1) is 21.5. The van der Waals surface area contributed by atoms with Gasteiger partial charge in [0.1, 0.15) is 28.8 Å². The molecule has 1 fully saturated rings. The molecule has 0 bridgehead atoms. The highest BCUT2D eigenvalue weighted by atomic mass is 32.1. The van der Waals surface area contributed by atoms with Gasteiger partial charge in [-0.1, -0.05) is 12.1 Å². The predicted octanol–water partition coefficient (Wildman–Crippen LogP) is 3.76. The Labute approximate surface area is 182 Å². The summed E-state index contributed by atoms with van der Waals surface area (Å²) >= 11 is 1.20. The maximum atomic E-state index is 14.2. The average Bonchev–Trinajstić information content (AvgIpc) is 3.31. The molecule has 3 aromatic rings. The number of nitrogens with two attached hydrogens (primary N) is 1. The summed E-state index contributed by atoms with van der Waals surface area (Å²) < 4.78 is 35.5. The van der Waals surface area contributed by atoms with Crippen LogP contribution in [0.1, 0.15) is 40.7 Å². The summed E-state index contributed by atoms with van der Waals surface area (Å²) in [6.07, 6.45) is 0.815. The van der Waals surface area contributed by atoms with E-state index in [1.165, 1.54) is 23.6 Å². The molecule has 1 aliphatic rings. The topological polar surface area (TPSA) is 95.1 Å². The van der Waals surface area contributed by atoms with Gasteiger partial charge in [0.2, 0.25) is 0 Å². The normalized spacial score (nSPS) is 21.6. The van der Waals surface area contributed by atoms with Crippen LogP contribution < -0.4 is 11.1 Å². The number of amides is 1. The van der Waals surface area contributed by atoms with Gasteiger partial charge >= 0.3 is 0 Å². The standard InChI is InChI=1S/C21H23F2N5O2S/c1-11-4-3-5-12(22)18(11)21-27-16(10-31-21)20(29)26-15-8-25-28(2)19(15)17-7-6-14(24)13(23)9-30-17/h3-5,8,10,13-14,17H,6-7,9,24H2,1-2H3,(H,26,29)/t13-,14-,17+/m1/s1. The van der Waals surface area contributed by atoms with Gasteiger partial charge in [0.05, 0.1) is 24.2 Å². The van der Waals surface area contributed by atoms with Crippen LogP contribution >= 0.6 is 11.3 Å². The summed E-state index contributed by atoms with van der Waals surface area (Å²) in [7, 11) is 1.73. The lowest BCUT2D eigenvalue weighted by atomic mass is 10.0. The largest absolute Gasteiger partial charge is 0.369 e. The van der Waals surface area contributed by atoms with Crippen LogP contribution in [0.2, 0.25) is 0 Å². The molecule has 10 heteroatoms. The van der Waals surface area contributed by atoms with E-state index in [-0.39, 0.29) is 18.1 Å². The lowest BCUT2D eigenvalue weighted by molar-refractivity contribution is 0.0247. The number of rotatable bonds is 4. The Morgan fingerprint density at radius 2 is 2.19 bits per heavy atom. The quantitative estimate of drug-likeness (QED) is 0.635. The highest BCUT2D eigenvalue weighted by Gasteiger charge is 2.30. The Balaban J connectivity index is 1.55. The fourth-order valence-corrected chi connectivity index (χ4v) is 4.57. The van der Waals surface area contributed by atoms with Crippen molar-refractivity contribution in [2.45, 2.75) is 38.1 Å². The molecule has 4 rings (SSSR count). The second-order valence-electron chi connectivity index (χ2n) is 7.57. The van der Waals surface area contributed by atoms with Gasteiger partial charge in [-0.25, -0.2) is 13.8 Å². The van der Waals surface area contributed by atoms with E-state index in [1.54, 1.807) is 36.2 Å². The van der Waals surface area contributed by atoms with Crippen molar-refractivity contribution < 1.29 is 18.3 Å². The number of nitrogens with zero attached hydrogens (tertiary/aromatic N) is 3. The number of nitrogens with one attached hydrogen (secondary N) is 1. The number of halogens is 2. The van der Waals surface area contributed by atoms with Gasteiger partial charge in [0.25, 0.3) is 5.91 Å². The summed E-state index contributed by atoms with van der Waals surface area (Å²) in [6, 6.07) is 4.22. The molecule has 0 aliphatic carbocycles. The Hall–Kier alpha value is -2.69. The van der Waals surface area contributed by atoms with Gasteiger partial charge < -0.3 is 15.8 Å². The van der Waals surface area contributed by atoms with Crippen molar-refractivity contribution >= 4 is 22.9 Å². The number of anilines is 1. The number of benzene rings is 1. The molecular formula is C21H23F2N5O2S. The number of carbonyl (C=O) groups excluding carboxylic acids is 1. The Morgan fingerprint density at radius 3 is 2.97 bits per heavy atom. The van der Waals surface area contributed by atoms with E-state index in [0.717, 1.165) is 5.56 Å². The SMILES string of the molecule is Cc1cccc(F)c1-c1nc(C(=O)Nc2cnn(C)c2[C@@H]2CC[C@@H](N)[C@H](F)CO2)cs1. The number of carbonyl (C=O) groups is 1. The van der Waals surface area contributed by atoms with Crippen LogP contribution in [0.3, 0.4) is 0 Å². The highest BCUT2D eigenvalue weighted by Crippen LogP contribution is 2.33. The van der Waals surface area contributed by atoms with Crippen molar-refractivity contribution in [3.63, 3.8) is 0 Å². The van der Waals surface area contributed by atoms with Gasteiger partial charge in [0, 0.05) is 24.0 Å². The molecule has 164 valence electrons. The monoisotopic (exact) mass is 447 g/mol. The minimum absolute atomic E-state index is 0.109. The maximum Gasteiger partial charge on any atom is 0.275 e. The van der Waals surface area contributed by atoms with Gasteiger partial charge in [-0.15, -0.1) is 11.3 Å². The van der Waals surface area contributed by atoms with Crippen LogP contribution in [0.4, 0.5) is 14.5 Å². The molecule has 1 aliphatic heterocycles. The molecule has 31 heavy (non-hydrogen) atoms. The van der Waals surface area contributed by atoms with Crippen LogP contribution in [-0.4, -0.2) is 39.5 Å². The first-order valence-electron chi connectivity index (χ1n) is 9.90. The maximum absolute atomic E-state index is 14.2. The fraction of sp³-hybridized carbons (Fsp3) is 0.381. The minimum Gasteiger partial charge on any atom is -0.369 e.